The van der Waals surface area contributed by atoms with Crippen molar-refractivity contribution in [3.05, 3.63) is 59.7 Å². The first-order valence-electron chi connectivity index (χ1n) is 9.59. The number of para-hydroxylation sites is 1. The molecular formula is C22H28N2O4S. The number of ketones is 1. The van der Waals surface area contributed by atoms with Crippen molar-refractivity contribution < 1.29 is 18.0 Å². The van der Waals surface area contributed by atoms with Gasteiger partial charge in [0.15, 0.2) is 5.78 Å². The van der Waals surface area contributed by atoms with Gasteiger partial charge in [-0.3, -0.25) is 9.59 Å². The Morgan fingerprint density at radius 1 is 1.03 bits per heavy atom. The number of hydrogen-bond acceptors (Lipinski definition) is 4. The summed E-state index contributed by atoms with van der Waals surface area (Å²) in [5, 5.41) is 2.91. The zero-order valence-corrected chi connectivity index (χ0v) is 18.1. The van der Waals surface area contributed by atoms with Crippen LogP contribution in [0.15, 0.2) is 53.4 Å². The summed E-state index contributed by atoms with van der Waals surface area (Å²) in [6.07, 6.45) is 0.618. The summed E-state index contributed by atoms with van der Waals surface area (Å²) in [6.45, 7) is 5.78. The molecule has 6 nitrogen and oxygen atoms in total. The van der Waals surface area contributed by atoms with Crippen LogP contribution in [0.4, 0.5) is 5.69 Å². The number of sulfonamides is 1. The lowest BCUT2D eigenvalue weighted by atomic mass is 10.0. The normalized spacial score (nSPS) is 11.7. The van der Waals surface area contributed by atoms with Gasteiger partial charge in [0, 0.05) is 31.3 Å². The molecule has 0 atom stereocenters. The first-order valence-corrected chi connectivity index (χ1v) is 11.0. The molecule has 0 saturated carbocycles. The molecule has 0 aliphatic carbocycles. The number of nitrogens with one attached hydrogen (secondary N) is 1. The van der Waals surface area contributed by atoms with Crippen LogP contribution < -0.4 is 5.32 Å². The fourth-order valence-corrected chi connectivity index (χ4v) is 4.16. The zero-order valence-electron chi connectivity index (χ0n) is 17.3. The average molecular weight is 417 g/mol. The first-order chi connectivity index (χ1) is 13.6. The third-order valence-corrected chi connectivity index (χ3v) is 6.57. The molecule has 0 saturated heterocycles. The van der Waals surface area contributed by atoms with Crippen molar-refractivity contribution in [2.24, 2.45) is 0 Å². The number of anilines is 1. The van der Waals surface area contributed by atoms with Gasteiger partial charge in [0.25, 0.3) is 0 Å². The third-order valence-electron chi connectivity index (χ3n) is 4.70. The van der Waals surface area contributed by atoms with Gasteiger partial charge >= 0.3 is 0 Å². The fourth-order valence-electron chi connectivity index (χ4n) is 2.95. The molecule has 0 unspecified atom stereocenters. The molecule has 1 amide bonds. The smallest absolute Gasteiger partial charge is 0.242 e. The van der Waals surface area contributed by atoms with E-state index in [1.807, 2.05) is 24.3 Å². The topological polar surface area (TPSA) is 83.6 Å². The van der Waals surface area contributed by atoms with Gasteiger partial charge < -0.3 is 5.32 Å². The molecule has 0 aliphatic rings. The molecule has 7 heteroatoms. The molecule has 0 aromatic heterocycles. The lowest BCUT2D eigenvalue weighted by Crippen LogP contribution is -2.28. The Hall–Kier alpha value is -2.51. The van der Waals surface area contributed by atoms with E-state index in [0.29, 0.717) is 12.0 Å². The van der Waals surface area contributed by atoms with E-state index >= 15 is 0 Å². The second kappa shape index (κ2) is 9.80. The van der Waals surface area contributed by atoms with Crippen LogP contribution in [0.1, 0.15) is 55.5 Å². The van der Waals surface area contributed by atoms with E-state index in [-0.39, 0.29) is 35.5 Å². The Bertz CT molecular complexity index is 967. The van der Waals surface area contributed by atoms with Gasteiger partial charge in [0.05, 0.1) is 4.90 Å². The number of carbonyl (C=O) groups is 2. The molecule has 0 spiro atoms. The summed E-state index contributed by atoms with van der Waals surface area (Å²) >= 11 is 0. The molecule has 0 fully saturated rings. The minimum atomic E-state index is -3.67. The van der Waals surface area contributed by atoms with E-state index in [1.165, 1.54) is 42.5 Å². The van der Waals surface area contributed by atoms with Crippen LogP contribution in [0, 0.1) is 0 Å². The summed E-state index contributed by atoms with van der Waals surface area (Å²) in [4.78, 5) is 23.7. The number of carbonyl (C=O) groups excluding carboxylic acids is 2. The lowest BCUT2D eigenvalue weighted by Gasteiger charge is -2.17. The van der Waals surface area contributed by atoms with Crippen molar-refractivity contribution in [3.8, 4) is 0 Å². The number of amides is 1. The van der Waals surface area contributed by atoms with Crippen LogP contribution in [-0.2, 0) is 14.8 Å². The molecule has 2 aromatic rings. The van der Waals surface area contributed by atoms with Gasteiger partial charge in [0.2, 0.25) is 15.9 Å². The van der Waals surface area contributed by atoms with E-state index in [0.717, 1.165) is 11.3 Å². The maximum Gasteiger partial charge on any atom is 0.242 e. The Morgan fingerprint density at radius 3 is 2.24 bits per heavy atom. The summed E-state index contributed by atoms with van der Waals surface area (Å²) < 4.78 is 26.5. The van der Waals surface area contributed by atoms with E-state index in [9.17, 15) is 18.0 Å². The average Bonchev–Trinajstić information content (AvgIpc) is 2.68. The highest BCUT2D eigenvalue weighted by molar-refractivity contribution is 7.89. The van der Waals surface area contributed by atoms with Crippen LogP contribution in [0.2, 0.25) is 0 Å². The molecule has 0 aliphatic heterocycles. The highest BCUT2D eigenvalue weighted by Crippen LogP contribution is 2.24. The molecule has 0 heterocycles. The minimum Gasteiger partial charge on any atom is -0.326 e. The monoisotopic (exact) mass is 416 g/mol. The SMILES string of the molecule is CC(=O)c1ccc(S(=O)(=O)N(C)CCCC(=O)Nc2ccccc2C(C)C)cc1. The van der Waals surface area contributed by atoms with E-state index < -0.39 is 10.0 Å². The Balaban J connectivity index is 1.92. The van der Waals surface area contributed by atoms with Crippen LogP contribution in [-0.4, -0.2) is 38.0 Å². The maximum atomic E-state index is 12.6. The van der Waals surface area contributed by atoms with Crippen LogP contribution >= 0.6 is 0 Å². The van der Waals surface area contributed by atoms with Gasteiger partial charge in [-0.1, -0.05) is 44.2 Å². The van der Waals surface area contributed by atoms with Gasteiger partial charge in [-0.05, 0) is 43.0 Å². The minimum absolute atomic E-state index is 0.118. The molecule has 2 aromatic carbocycles. The molecule has 156 valence electrons. The summed E-state index contributed by atoms with van der Waals surface area (Å²) in [7, 11) is -2.18. The number of benzene rings is 2. The number of nitrogens with zero attached hydrogens (tertiary/aromatic N) is 1. The van der Waals surface area contributed by atoms with Crippen LogP contribution in [0.3, 0.4) is 0 Å². The standard InChI is InChI=1S/C22H28N2O4S/c1-16(2)20-8-5-6-9-21(20)23-22(26)10-7-15-24(4)29(27,28)19-13-11-18(12-14-19)17(3)25/h5-6,8-9,11-14,16H,7,10,15H2,1-4H3,(H,23,26). The second-order valence-electron chi connectivity index (χ2n) is 7.30. The summed E-state index contributed by atoms with van der Waals surface area (Å²) in [5.74, 6) is 0.0271. The van der Waals surface area contributed by atoms with Crippen LogP contribution in [0.5, 0.6) is 0 Å². The third kappa shape index (κ3) is 5.98. The molecule has 0 radical (unpaired) electrons. The molecule has 29 heavy (non-hydrogen) atoms. The molecule has 1 N–H and O–H groups in total. The largest absolute Gasteiger partial charge is 0.326 e. The molecule has 0 bridgehead atoms. The molecule has 2 rings (SSSR count). The van der Waals surface area contributed by atoms with Crippen molar-refractivity contribution in [3.63, 3.8) is 0 Å². The van der Waals surface area contributed by atoms with Gasteiger partial charge in [-0.2, -0.15) is 0 Å². The van der Waals surface area contributed by atoms with E-state index in [1.54, 1.807) is 0 Å². The number of Topliss-reactive ketones (excluding diaryl/α,β-unsaturated/α-hetero) is 1. The second-order valence-corrected chi connectivity index (χ2v) is 9.35. The predicted octanol–water partition coefficient (Wildman–Crippen LogP) is 4.05. The highest BCUT2D eigenvalue weighted by Gasteiger charge is 2.21. The van der Waals surface area contributed by atoms with Gasteiger partial charge in [-0.15, -0.1) is 0 Å². The first kappa shape index (κ1) is 22.8. The molecular weight excluding hydrogens is 388 g/mol. The Labute approximate surface area is 173 Å². The Kier molecular flexibility index (Phi) is 7.70. The zero-order chi connectivity index (χ0) is 21.6. The highest BCUT2D eigenvalue weighted by atomic mass is 32.2. The van der Waals surface area contributed by atoms with Crippen molar-refractivity contribution in [2.45, 2.75) is 44.4 Å². The van der Waals surface area contributed by atoms with Crippen molar-refractivity contribution in [2.75, 3.05) is 18.9 Å². The summed E-state index contributed by atoms with van der Waals surface area (Å²) in [5.41, 5.74) is 2.32. The quantitative estimate of drug-likeness (QED) is 0.625. The number of hydrogen-bond donors (Lipinski definition) is 1. The van der Waals surface area contributed by atoms with Gasteiger partial charge in [0.1, 0.15) is 0 Å². The van der Waals surface area contributed by atoms with Crippen LogP contribution in [0.25, 0.3) is 0 Å². The van der Waals surface area contributed by atoms with Crippen molar-refractivity contribution in [1.82, 2.24) is 4.31 Å². The lowest BCUT2D eigenvalue weighted by molar-refractivity contribution is -0.116. The van der Waals surface area contributed by atoms with Crippen molar-refractivity contribution in [1.29, 1.82) is 0 Å². The number of rotatable bonds is 9. The predicted molar refractivity (Wildman–Crippen MR) is 115 cm³/mol. The summed E-state index contributed by atoms with van der Waals surface area (Å²) in [6, 6.07) is 13.5. The van der Waals surface area contributed by atoms with E-state index in [2.05, 4.69) is 19.2 Å². The maximum absolute atomic E-state index is 12.6. The fraction of sp³-hybridized carbons (Fsp3) is 0.364. The Morgan fingerprint density at radius 2 is 1.66 bits per heavy atom. The van der Waals surface area contributed by atoms with Crippen molar-refractivity contribution >= 4 is 27.4 Å². The van der Waals surface area contributed by atoms with E-state index in [4.69, 9.17) is 0 Å². The van der Waals surface area contributed by atoms with Gasteiger partial charge in [-0.25, -0.2) is 12.7 Å².